The van der Waals surface area contributed by atoms with E-state index in [1.165, 1.54) is 38.6 Å². The Morgan fingerprint density at radius 3 is 2.79 bits per heavy atom. The Hall–Kier alpha value is -1.69. The van der Waals surface area contributed by atoms with Crippen LogP contribution in [0.1, 0.15) is 68.1 Å². The Bertz CT molecular complexity index is 583. The zero-order valence-corrected chi connectivity index (χ0v) is 14.8. The van der Waals surface area contributed by atoms with Crippen LogP contribution in [0.15, 0.2) is 6.07 Å². The van der Waals surface area contributed by atoms with Gasteiger partial charge in [-0.3, -0.25) is 4.79 Å². The summed E-state index contributed by atoms with van der Waals surface area (Å²) in [5.74, 6) is 0.778. The van der Waals surface area contributed by atoms with E-state index in [2.05, 4.69) is 20.2 Å². The zero-order valence-electron chi connectivity index (χ0n) is 14.8. The molecule has 6 heteroatoms. The van der Waals surface area contributed by atoms with Gasteiger partial charge in [0.15, 0.2) is 0 Å². The molecule has 1 amide bonds. The molecule has 2 aliphatic rings. The van der Waals surface area contributed by atoms with Gasteiger partial charge in [-0.2, -0.15) is 0 Å². The standard InChI is InChI=1S/C18H29N5O/c1-12(2)15-9-16(22-18(19)21-15)17(24)20-10-13-7-8-23(11-13)14-5-3-4-6-14/h9,12-14H,3-8,10-11H2,1-2H3,(H,20,24)(H2,19,21,22)/t13-/m0/s1. The second-order valence-corrected chi connectivity index (χ2v) is 7.49. The summed E-state index contributed by atoms with van der Waals surface area (Å²) in [7, 11) is 0. The van der Waals surface area contributed by atoms with E-state index in [1.54, 1.807) is 6.07 Å². The summed E-state index contributed by atoms with van der Waals surface area (Å²) in [6.07, 6.45) is 6.60. The average Bonchev–Trinajstić information content (AvgIpc) is 3.23. The smallest absolute Gasteiger partial charge is 0.270 e. The lowest BCUT2D eigenvalue weighted by Crippen LogP contribution is -2.34. The first kappa shape index (κ1) is 17.1. The van der Waals surface area contributed by atoms with Gasteiger partial charge < -0.3 is 16.0 Å². The number of likely N-dealkylation sites (tertiary alicyclic amines) is 1. The van der Waals surface area contributed by atoms with Crippen LogP contribution >= 0.6 is 0 Å². The molecule has 0 aromatic carbocycles. The van der Waals surface area contributed by atoms with Crippen molar-refractivity contribution in [3.63, 3.8) is 0 Å². The summed E-state index contributed by atoms with van der Waals surface area (Å²) in [6.45, 7) is 7.04. The Kier molecular flexibility index (Phi) is 5.33. The van der Waals surface area contributed by atoms with Gasteiger partial charge in [-0.25, -0.2) is 9.97 Å². The maximum absolute atomic E-state index is 12.4. The van der Waals surface area contributed by atoms with Crippen molar-refractivity contribution in [3.8, 4) is 0 Å². The van der Waals surface area contributed by atoms with Crippen molar-refractivity contribution in [2.45, 2.75) is 57.9 Å². The van der Waals surface area contributed by atoms with E-state index in [4.69, 9.17) is 5.73 Å². The number of nitrogens with two attached hydrogens (primary N) is 1. The molecule has 6 nitrogen and oxygen atoms in total. The molecule has 1 aliphatic carbocycles. The molecular weight excluding hydrogens is 302 g/mol. The van der Waals surface area contributed by atoms with Crippen LogP contribution in [0.4, 0.5) is 5.95 Å². The summed E-state index contributed by atoms with van der Waals surface area (Å²) in [6, 6.07) is 2.52. The molecule has 1 aromatic heterocycles. The van der Waals surface area contributed by atoms with Gasteiger partial charge in [0.1, 0.15) is 5.69 Å². The quantitative estimate of drug-likeness (QED) is 0.864. The van der Waals surface area contributed by atoms with Crippen LogP contribution in [0.5, 0.6) is 0 Å². The van der Waals surface area contributed by atoms with Crippen molar-refractivity contribution in [2.24, 2.45) is 5.92 Å². The molecule has 24 heavy (non-hydrogen) atoms. The predicted molar refractivity (Wildman–Crippen MR) is 94.8 cm³/mol. The molecule has 3 N–H and O–H groups in total. The van der Waals surface area contributed by atoms with Crippen molar-refractivity contribution in [3.05, 3.63) is 17.5 Å². The van der Waals surface area contributed by atoms with Gasteiger partial charge >= 0.3 is 0 Å². The van der Waals surface area contributed by atoms with Crippen molar-refractivity contribution in [2.75, 3.05) is 25.4 Å². The van der Waals surface area contributed by atoms with Gasteiger partial charge in [-0.1, -0.05) is 26.7 Å². The molecule has 0 unspecified atom stereocenters. The van der Waals surface area contributed by atoms with Crippen LogP contribution in [0.3, 0.4) is 0 Å². The van der Waals surface area contributed by atoms with Crippen LogP contribution in [0.25, 0.3) is 0 Å². The first-order valence-corrected chi connectivity index (χ1v) is 9.19. The van der Waals surface area contributed by atoms with Gasteiger partial charge in [0.05, 0.1) is 0 Å². The first-order chi connectivity index (χ1) is 11.5. The van der Waals surface area contributed by atoms with Gasteiger partial charge in [0, 0.05) is 24.8 Å². The van der Waals surface area contributed by atoms with E-state index in [9.17, 15) is 4.79 Å². The summed E-state index contributed by atoms with van der Waals surface area (Å²) >= 11 is 0. The van der Waals surface area contributed by atoms with E-state index in [0.717, 1.165) is 18.3 Å². The highest BCUT2D eigenvalue weighted by Gasteiger charge is 2.30. The number of nitrogen functional groups attached to an aromatic ring is 1. The molecule has 1 saturated carbocycles. The maximum Gasteiger partial charge on any atom is 0.270 e. The molecule has 132 valence electrons. The molecule has 2 fully saturated rings. The fraction of sp³-hybridized carbons (Fsp3) is 0.722. The number of hydrogen-bond acceptors (Lipinski definition) is 5. The molecule has 2 heterocycles. The van der Waals surface area contributed by atoms with Crippen molar-refractivity contribution < 1.29 is 4.79 Å². The van der Waals surface area contributed by atoms with Gasteiger partial charge in [-0.05, 0) is 43.7 Å². The van der Waals surface area contributed by atoms with Gasteiger partial charge in [0.2, 0.25) is 5.95 Å². The molecule has 0 bridgehead atoms. The lowest BCUT2D eigenvalue weighted by molar-refractivity contribution is 0.0941. The third-order valence-electron chi connectivity index (χ3n) is 5.30. The van der Waals surface area contributed by atoms with Crippen LogP contribution in [0.2, 0.25) is 0 Å². The van der Waals surface area contributed by atoms with Crippen molar-refractivity contribution >= 4 is 11.9 Å². The van der Waals surface area contributed by atoms with E-state index in [0.29, 0.717) is 18.2 Å². The molecule has 1 saturated heterocycles. The number of amides is 1. The third kappa shape index (κ3) is 4.04. The predicted octanol–water partition coefficient (Wildman–Crippen LogP) is 2.18. The third-order valence-corrected chi connectivity index (χ3v) is 5.30. The molecule has 1 atom stereocenters. The average molecular weight is 331 g/mol. The number of nitrogens with zero attached hydrogens (tertiary/aromatic N) is 3. The number of anilines is 1. The fourth-order valence-electron chi connectivity index (χ4n) is 3.86. The number of hydrogen-bond donors (Lipinski definition) is 2. The molecule has 1 aliphatic heterocycles. The van der Waals surface area contributed by atoms with Crippen LogP contribution in [0, 0.1) is 5.92 Å². The summed E-state index contributed by atoms with van der Waals surface area (Å²) < 4.78 is 0. The SMILES string of the molecule is CC(C)c1cc(C(=O)NC[C@@H]2CCN(C3CCCC3)C2)nc(N)n1. The topological polar surface area (TPSA) is 84.1 Å². The molecule has 0 spiro atoms. The number of carbonyl (C=O) groups excluding carboxylic acids is 1. The van der Waals surface area contributed by atoms with E-state index in [-0.39, 0.29) is 17.8 Å². The first-order valence-electron chi connectivity index (χ1n) is 9.19. The molecular formula is C18H29N5O. The summed E-state index contributed by atoms with van der Waals surface area (Å²) in [5, 5.41) is 3.03. The molecule has 1 aromatic rings. The van der Waals surface area contributed by atoms with Crippen molar-refractivity contribution in [1.82, 2.24) is 20.2 Å². The van der Waals surface area contributed by atoms with Crippen molar-refractivity contribution in [1.29, 1.82) is 0 Å². The largest absolute Gasteiger partial charge is 0.368 e. The van der Waals surface area contributed by atoms with E-state index in [1.807, 2.05) is 13.8 Å². The highest BCUT2D eigenvalue weighted by Crippen LogP contribution is 2.28. The zero-order chi connectivity index (χ0) is 17.1. The fourth-order valence-corrected chi connectivity index (χ4v) is 3.86. The number of carbonyl (C=O) groups is 1. The molecule has 0 radical (unpaired) electrons. The monoisotopic (exact) mass is 331 g/mol. The number of nitrogens with one attached hydrogen (secondary N) is 1. The second kappa shape index (κ2) is 7.47. The van der Waals surface area contributed by atoms with Gasteiger partial charge in [0.25, 0.3) is 5.91 Å². The maximum atomic E-state index is 12.4. The minimum absolute atomic E-state index is 0.148. The Morgan fingerprint density at radius 2 is 2.08 bits per heavy atom. The second-order valence-electron chi connectivity index (χ2n) is 7.49. The van der Waals surface area contributed by atoms with E-state index >= 15 is 0 Å². The Balaban J connectivity index is 1.52. The Labute approximate surface area is 144 Å². The highest BCUT2D eigenvalue weighted by atomic mass is 16.1. The lowest BCUT2D eigenvalue weighted by atomic mass is 10.1. The minimum Gasteiger partial charge on any atom is -0.368 e. The van der Waals surface area contributed by atoms with E-state index < -0.39 is 0 Å². The normalized spacial score (nSPS) is 22.4. The van der Waals surface area contributed by atoms with Crippen LogP contribution in [-0.2, 0) is 0 Å². The van der Waals surface area contributed by atoms with Crippen LogP contribution < -0.4 is 11.1 Å². The highest BCUT2D eigenvalue weighted by molar-refractivity contribution is 5.92. The molecule has 3 rings (SSSR count). The van der Waals surface area contributed by atoms with Gasteiger partial charge in [-0.15, -0.1) is 0 Å². The summed E-state index contributed by atoms with van der Waals surface area (Å²) in [4.78, 5) is 23.3. The number of aromatic nitrogens is 2. The summed E-state index contributed by atoms with van der Waals surface area (Å²) in [5.41, 5.74) is 6.91. The van der Waals surface area contributed by atoms with Crippen LogP contribution in [-0.4, -0.2) is 46.5 Å². The Morgan fingerprint density at radius 1 is 1.33 bits per heavy atom. The lowest BCUT2D eigenvalue weighted by Gasteiger charge is -2.23. The number of rotatable bonds is 5. The minimum atomic E-state index is -0.148.